The van der Waals surface area contributed by atoms with Crippen LogP contribution in [0.2, 0.25) is 0 Å². The van der Waals surface area contributed by atoms with Gasteiger partial charge in [0.15, 0.2) is 0 Å². The Labute approximate surface area is 231 Å². The minimum atomic E-state index is -0.184. The van der Waals surface area contributed by atoms with Crippen LogP contribution in [0.1, 0.15) is 65.3 Å². The standard InChI is InChI=1S/C30H44N6O3/c1-8-36(23-11-9-22(10-12-23)34(5)13-14-39-7)28-21(4)24(16-27-26(28)18-32-35(27)6)29(37)31-17-25-19(2)15-20(3)33-30(25)38/h15-16,18,22-23H,8-14,17H2,1-7H3,(H,31,37)(H,33,38). The molecule has 1 fully saturated rings. The molecule has 0 aliphatic heterocycles. The first-order chi connectivity index (χ1) is 18.7. The molecule has 2 heterocycles. The lowest BCUT2D eigenvalue weighted by atomic mass is 9.88. The molecule has 0 bridgehead atoms. The van der Waals surface area contributed by atoms with Crippen molar-refractivity contribution >= 4 is 22.5 Å². The summed E-state index contributed by atoms with van der Waals surface area (Å²) in [6.07, 6.45) is 6.40. The molecule has 9 heteroatoms. The summed E-state index contributed by atoms with van der Waals surface area (Å²) in [5.41, 5.74) is 5.69. The fourth-order valence-corrected chi connectivity index (χ4v) is 6.17. The number of aromatic nitrogens is 3. The zero-order valence-electron chi connectivity index (χ0n) is 24.6. The number of methoxy groups -OCH3 is 1. The second-order valence-electron chi connectivity index (χ2n) is 10.9. The quantitative estimate of drug-likeness (QED) is 0.409. The molecule has 212 valence electrons. The number of aryl methyl sites for hydroxylation is 3. The summed E-state index contributed by atoms with van der Waals surface area (Å²) >= 11 is 0. The number of carbonyl (C=O) groups is 1. The van der Waals surface area contributed by atoms with Crippen LogP contribution >= 0.6 is 0 Å². The highest BCUT2D eigenvalue weighted by Crippen LogP contribution is 2.37. The zero-order valence-corrected chi connectivity index (χ0v) is 24.6. The fourth-order valence-electron chi connectivity index (χ4n) is 6.17. The Morgan fingerprint density at radius 1 is 1.18 bits per heavy atom. The number of ether oxygens (including phenoxy) is 1. The number of pyridine rings is 1. The van der Waals surface area contributed by atoms with E-state index in [-0.39, 0.29) is 18.0 Å². The number of H-pyrrole nitrogens is 1. The summed E-state index contributed by atoms with van der Waals surface area (Å²) in [7, 11) is 5.86. The maximum atomic E-state index is 13.6. The second kappa shape index (κ2) is 12.3. The topological polar surface area (TPSA) is 95.5 Å². The van der Waals surface area contributed by atoms with Crippen molar-refractivity contribution in [1.82, 2.24) is 25.0 Å². The summed E-state index contributed by atoms with van der Waals surface area (Å²) in [6, 6.07) is 4.83. The van der Waals surface area contributed by atoms with Gasteiger partial charge in [-0.2, -0.15) is 5.10 Å². The number of fused-ring (bicyclic) bond motifs is 1. The van der Waals surface area contributed by atoms with Gasteiger partial charge in [-0.3, -0.25) is 14.3 Å². The second-order valence-corrected chi connectivity index (χ2v) is 10.9. The van der Waals surface area contributed by atoms with Crippen LogP contribution in [0.25, 0.3) is 10.9 Å². The molecule has 2 N–H and O–H groups in total. The lowest BCUT2D eigenvalue weighted by Gasteiger charge is -2.41. The van der Waals surface area contributed by atoms with Gasteiger partial charge in [0.05, 0.1) is 24.0 Å². The summed E-state index contributed by atoms with van der Waals surface area (Å²) in [4.78, 5) is 33.8. The first-order valence-electron chi connectivity index (χ1n) is 14.0. The molecule has 0 atom stereocenters. The largest absolute Gasteiger partial charge is 0.383 e. The van der Waals surface area contributed by atoms with Gasteiger partial charge < -0.3 is 24.8 Å². The highest BCUT2D eigenvalue weighted by atomic mass is 16.5. The Hall–Kier alpha value is -3.17. The van der Waals surface area contributed by atoms with Gasteiger partial charge in [0.25, 0.3) is 11.5 Å². The maximum absolute atomic E-state index is 13.6. The summed E-state index contributed by atoms with van der Waals surface area (Å²) in [6.45, 7) is 10.7. The first-order valence-corrected chi connectivity index (χ1v) is 14.0. The Morgan fingerprint density at radius 3 is 2.51 bits per heavy atom. The number of aromatic amines is 1. The molecule has 2 aromatic heterocycles. The van der Waals surface area contributed by atoms with Crippen molar-refractivity contribution in [1.29, 1.82) is 0 Å². The number of rotatable bonds is 10. The molecule has 3 aromatic rings. The van der Waals surface area contributed by atoms with E-state index in [1.54, 1.807) is 7.11 Å². The number of likely N-dealkylation sites (N-methyl/N-ethyl adjacent to an activating group) is 1. The van der Waals surface area contributed by atoms with E-state index in [4.69, 9.17) is 4.74 Å². The van der Waals surface area contributed by atoms with Crippen molar-refractivity contribution in [3.05, 3.63) is 56.6 Å². The van der Waals surface area contributed by atoms with Crippen LogP contribution < -0.4 is 15.8 Å². The molecular weight excluding hydrogens is 492 g/mol. The van der Waals surface area contributed by atoms with Crippen LogP contribution in [0.4, 0.5) is 5.69 Å². The van der Waals surface area contributed by atoms with Gasteiger partial charge in [-0.05, 0) is 83.7 Å². The van der Waals surface area contributed by atoms with E-state index in [0.717, 1.165) is 78.8 Å². The van der Waals surface area contributed by atoms with E-state index in [9.17, 15) is 9.59 Å². The fraction of sp³-hybridized carbons (Fsp3) is 0.567. The number of benzene rings is 1. The van der Waals surface area contributed by atoms with E-state index in [2.05, 4.69) is 39.2 Å². The summed E-state index contributed by atoms with van der Waals surface area (Å²) in [5, 5.41) is 8.62. The summed E-state index contributed by atoms with van der Waals surface area (Å²) in [5.74, 6) is -0.184. The Balaban J connectivity index is 1.61. The highest BCUT2D eigenvalue weighted by Gasteiger charge is 2.30. The van der Waals surface area contributed by atoms with Crippen molar-refractivity contribution < 1.29 is 9.53 Å². The maximum Gasteiger partial charge on any atom is 0.253 e. The molecule has 0 spiro atoms. The van der Waals surface area contributed by atoms with Crippen LogP contribution in [0.5, 0.6) is 0 Å². The molecule has 1 aliphatic rings. The average Bonchev–Trinajstić information content (AvgIpc) is 3.28. The minimum absolute atomic E-state index is 0.159. The molecule has 1 aromatic carbocycles. The van der Waals surface area contributed by atoms with E-state index in [0.29, 0.717) is 23.2 Å². The number of hydrogen-bond acceptors (Lipinski definition) is 6. The molecule has 4 rings (SSSR count). The first kappa shape index (κ1) is 28.8. The number of hydrogen-bond donors (Lipinski definition) is 2. The van der Waals surface area contributed by atoms with Gasteiger partial charge in [0, 0.05) is 68.1 Å². The van der Waals surface area contributed by atoms with Crippen molar-refractivity contribution in [2.45, 2.75) is 72.0 Å². The third-order valence-electron chi connectivity index (χ3n) is 8.45. The number of anilines is 1. The number of nitrogens with zero attached hydrogens (tertiary/aromatic N) is 4. The van der Waals surface area contributed by atoms with Gasteiger partial charge in [0.1, 0.15) is 0 Å². The SMILES string of the molecule is CCN(c1c(C)c(C(=O)NCc2c(C)cc(C)[nH]c2=O)cc2c1cnn2C)C1CCC(N(C)CCOC)CC1. The third-order valence-corrected chi connectivity index (χ3v) is 8.45. The van der Waals surface area contributed by atoms with Gasteiger partial charge in [0.2, 0.25) is 0 Å². The molecule has 1 aliphatic carbocycles. The predicted octanol–water partition coefficient (Wildman–Crippen LogP) is 3.83. The van der Waals surface area contributed by atoms with Crippen LogP contribution in [-0.4, -0.2) is 71.5 Å². The highest BCUT2D eigenvalue weighted by molar-refractivity contribution is 6.05. The molecule has 0 radical (unpaired) electrons. The van der Waals surface area contributed by atoms with E-state index in [1.807, 2.05) is 50.8 Å². The van der Waals surface area contributed by atoms with Gasteiger partial charge in [-0.1, -0.05) is 0 Å². The molecule has 0 unspecified atom stereocenters. The van der Waals surface area contributed by atoms with Crippen molar-refractivity contribution in [2.75, 3.05) is 38.8 Å². The minimum Gasteiger partial charge on any atom is -0.383 e. The Kier molecular flexibility index (Phi) is 9.12. The van der Waals surface area contributed by atoms with Crippen molar-refractivity contribution in [3.8, 4) is 0 Å². The lowest BCUT2D eigenvalue weighted by Crippen LogP contribution is -2.44. The normalized spacial score (nSPS) is 17.6. The Bertz CT molecular complexity index is 1370. The smallest absolute Gasteiger partial charge is 0.253 e. The average molecular weight is 537 g/mol. The molecular formula is C30H44N6O3. The molecule has 39 heavy (non-hydrogen) atoms. The monoisotopic (exact) mass is 536 g/mol. The van der Waals surface area contributed by atoms with Gasteiger partial charge in [-0.25, -0.2) is 0 Å². The van der Waals surface area contributed by atoms with E-state index in [1.165, 1.54) is 0 Å². The van der Waals surface area contributed by atoms with Crippen LogP contribution in [-0.2, 0) is 18.3 Å². The van der Waals surface area contributed by atoms with E-state index < -0.39 is 0 Å². The Morgan fingerprint density at radius 2 is 1.87 bits per heavy atom. The van der Waals surface area contributed by atoms with Crippen molar-refractivity contribution in [3.63, 3.8) is 0 Å². The van der Waals surface area contributed by atoms with Crippen molar-refractivity contribution in [2.24, 2.45) is 7.05 Å². The van der Waals surface area contributed by atoms with Crippen LogP contribution in [0.3, 0.4) is 0 Å². The summed E-state index contributed by atoms with van der Waals surface area (Å²) < 4.78 is 7.11. The number of carbonyl (C=O) groups excluding carboxylic acids is 1. The number of amides is 1. The van der Waals surface area contributed by atoms with Crippen LogP contribution in [0.15, 0.2) is 23.1 Å². The molecule has 9 nitrogen and oxygen atoms in total. The van der Waals surface area contributed by atoms with E-state index >= 15 is 0 Å². The predicted molar refractivity (Wildman–Crippen MR) is 157 cm³/mol. The lowest BCUT2D eigenvalue weighted by molar-refractivity contribution is 0.0950. The van der Waals surface area contributed by atoms with Gasteiger partial charge >= 0.3 is 0 Å². The van der Waals surface area contributed by atoms with Gasteiger partial charge in [-0.15, -0.1) is 0 Å². The molecule has 1 saturated carbocycles. The molecule has 0 saturated heterocycles. The third kappa shape index (κ3) is 6.04. The van der Waals surface area contributed by atoms with Crippen LogP contribution in [0, 0.1) is 20.8 Å². The number of nitrogens with one attached hydrogen (secondary N) is 2. The zero-order chi connectivity index (χ0) is 28.3. The molecule has 1 amide bonds.